The summed E-state index contributed by atoms with van der Waals surface area (Å²) in [5.74, 6) is -1.09. The zero-order valence-corrected chi connectivity index (χ0v) is 30.8. The standard InChI is InChI=1S/C40H43N3O5S2/c1-24-13-10-11-16-27(24)21-32(42-36(45)26-14-8-7-9-15-26)37(46)41-29-17-12-18-30(23-29)49-25(2)35(44)43-38-34(39(47)48-6)31-20-19-28(40(3,4)5)22-33(31)50-38/h7-18,21,23,25,28H,19-20,22H2,1-6H3,(H,41,46)(H,42,45)(H,43,44)/b32-21-. The van der Waals surface area contributed by atoms with Gasteiger partial charge in [-0.15, -0.1) is 23.1 Å². The summed E-state index contributed by atoms with van der Waals surface area (Å²) in [6, 6.07) is 23.5. The van der Waals surface area contributed by atoms with E-state index in [9.17, 15) is 19.2 Å². The van der Waals surface area contributed by atoms with Gasteiger partial charge in [-0.25, -0.2) is 4.79 Å². The summed E-state index contributed by atoms with van der Waals surface area (Å²) in [4.78, 5) is 54.9. The number of hydrogen-bond acceptors (Lipinski definition) is 7. The maximum absolute atomic E-state index is 13.6. The number of ether oxygens (including phenoxy) is 1. The second kappa shape index (κ2) is 15.9. The van der Waals surface area contributed by atoms with Crippen LogP contribution in [0.15, 0.2) is 89.5 Å². The number of aryl methyl sites for hydroxylation is 1. The lowest BCUT2D eigenvalue weighted by Crippen LogP contribution is -2.30. The van der Waals surface area contributed by atoms with Crippen LogP contribution in [-0.4, -0.2) is 36.1 Å². The fourth-order valence-corrected chi connectivity index (χ4v) is 8.14. The normalized spacial score (nSPS) is 15.0. The van der Waals surface area contributed by atoms with Crippen LogP contribution in [0.4, 0.5) is 10.7 Å². The summed E-state index contributed by atoms with van der Waals surface area (Å²) < 4.78 is 5.13. The fourth-order valence-electron chi connectivity index (χ4n) is 5.89. The first-order valence-electron chi connectivity index (χ1n) is 16.6. The smallest absolute Gasteiger partial charge is 0.341 e. The van der Waals surface area contributed by atoms with E-state index in [1.165, 1.54) is 30.2 Å². The van der Waals surface area contributed by atoms with Crippen LogP contribution in [0.3, 0.4) is 0 Å². The van der Waals surface area contributed by atoms with E-state index >= 15 is 0 Å². The number of methoxy groups -OCH3 is 1. The molecule has 1 heterocycles. The third kappa shape index (κ3) is 8.91. The molecule has 0 aliphatic heterocycles. The lowest BCUT2D eigenvalue weighted by molar-refractivity contribution is -0.115. The SMILES string of the molecule is COC(=O)c1c(NC(=O)C(C)Sc2cccc(NC(=O)/C(=C/c3ccccc3C)NC(=O)c3ccccc3)c2)sc2c1CCC(C(C)(C)C)C2. The van der Waals surface area contributed by atoms with Gasteiger partial charge < -0.3 is 20.7 Å². The second-order valence-electron chi connectivity index (χ2n) is 13.5. The first kappa shape index (κ1) is 36.6. The van der Waals surface area contributed by atoms with Crippen LogP contribution in [0.25, 0.3) is 6.08 Å². The Morgan fingerprint density at radius 3 is 2.38 bits per heavy atom. The summed E-state index contributed by atoms with van der Waals surface area (Å²) in [6.07, 6.45) is 4.27. The quantitative estimate of drug-likeness (QED) is 0.0865. The Kier molecular flexibility index (Phi) is 11.6. The van der Waals surface area contributed by atoms with Gasteiger partial charge in [0.05, 0.1) is 17.9 Å². The number of carbonyl (C=O) groups excluding carboxylic acids is 4. The molecule has 2 unspecified atom stereocenters. The largest absolute Gasteiger partial charge is 0.465 e. The van der Waals surface area contributed by atoms with Crippen LogP contribution in [0.5, 0.6) is 0 Å². The number of carbonyl (C=O) groups is 4. The van der Waals surface area contributed by atoms with Crippen molar-refractivity contribution in [2.75, 3.05) is 17.7 Å². The minimum Gasteiger partial charge on any atom is -0.465 e. The van der Waals surface area contributed by atoms with Gasteiger partial charge in [-0.05, 0) is 97.5 Å². The molecule has 1 aromatic heterocycles. The minimum atomic E-state index is -0.519. The molecular formula is C40H43N3O5S2. The average molecular weight is 710 g/mol. The van der Waals surface area contributed by atoms with E-state index in [1.54, 1.807) is 55.5 Å². The number of thioether (sulfide) groups is 1. The third-order valence-electron chi connectivity index (χ3n) is 8.91. The molecule has 1 aliphatic carbocycles. The molecule has 260 valence electrons. The van der Waals surface area contributed by atoms with E-state index in [2.05, 4.69) is 36.7 Å². The molecular weight excluding hydrogens is 667 g/mol. The Labute approximate surface area is 302 Å². The molecule has 0 bridgehead atoms. The van der Waals surface area contributed by atoms with Crippen molar-refractivity contribution in [3.63, 3.8) is 0 Å². The zero-order valence-electron chi connectivity index (χ0n) is 29.2. The van der Waals surface area contributed by atoms with Gasteiger partial charge >= 0.3 is 5.97 Å². The van der Waals surface area contributed by atoms with Crippen molar-refractivity contribution < 1.29 is 23.9 Å². The van der Waals surface area contributed by atoms with Crippen LogP contribution in [0, 0.1) is 18.3 Å². The molecule has 8 nitrogen and oxygen atoms in total. The van der Waals surface area contributed by atoms with E-state index in [0.717, 1.165) is 45.7 Å². The number of benzene rings is 3. The summed E-state index contributed by atoms with van der Waals surface area (Å²) in [7, 11) is 1.36. The molecule has 0 fully saturated rings. The number of fused-ring (bicyclic) bond motifs is 1. The van der Waals surface area contributed by atoms with E-state index in [1.807, 2.05) is 43.3 Å². The summed E-state index contributed by atoms with van der Waals surface area (Å²) >= 11 is 2.80. The Morgan fingerprint density at radius 1 is 0.960 bits per heavy atom. The number of thiophene rings is 1. The van der Waals surface area contributed by atoms with Gasteiger partial charge in [0.25, 0.3) is 11.8 Å². The first-order chi connectivity index (χ1) is 23.8. The lowest BCUT2D eigenvalue weighted by atomic mass is 9.72. The van der Waals surface area contributed by atoms with E-state index in [0.29, 0.717) is 27.7 Å². The predicted molar refractivity (Wildman–Crippen MR) is 203 cm³/mol. The number of amides is 3. The Balaban J connectivity index is 1.30. The molecule has 3 aromatic carbocycles. The highest BCUT2D eigenvalue weighted by Gasteiger charge is 2.34. The van der Waals surface area contributed by atoms with Crippen molar-refractivity contribution in [3.05, 3.63) is 117 Å². The van der Waals surface area contributed by atoms with E-state index in [4.69, 9.17) is 4.74 Å². The molecule has 0 saturated heterocycles. The van der Waals surface area contributed by atoms with Crippen LogP contribution in [-0.2, 0) is 27.2 Å². The van der Waals surface area contributed by atoms with Crippen LogP contribution in [0.1, 0.15) is 76.4 Å². The van der Waals surface area contributed by atoms with Gasteiger partial charge in [0.15, 0.2) is 0 Å². The van der Waals surface area contributed by atoms with Crippen LogP contribution in [0.2, 0.25) is 0 Å². The summed E-state index contributed by atoms with van der Waals surface area (Å²) in [5.41, 5.74) is 4.36. The molecule has 4 aromatic rings. The highest BCUT2D eigenvalue weighted by atomic mass is 32.2. The molecule has 3 amide bonds. The highest BCUT2D eigenvalue weighted by molar-refractivity contribution is 8.00. The van der Waals surface area contributed by atoms with E-state index in [-0.39, 0.29) is 17.0 Å². The average Bonchev–Trinajstić information content (AvgIpc) is 3.45. The van der Waals surface area contributed by atoms with Gasteiger partial charge in [0.2, 0.25) is 5.91 Å². The Bertz CT molecular complexity index is 1930. The van der Waals surface area contributed by atoms with Crippen LogP contribution >= 0.6 is 23.1 Å². The number of rotatable bonds is 10. The number of nitrogens with one attached hydrogen (secondary N) is 3. The third-order valence-corrected chi connectivity index (χ3v) is 11.2. The van der Waals surface area contributed by atoms with Crippen molar-refractivity contribution in [2.45, 2.75) is 64.0 Å². The van der Waals surface area contributed by atoms with Gasteiger partial charge in [0.1, 0.15) is 10.7 Å². The predicted octanol–water partition coefficient (Wildman–Crippen LogP) is 8.52. The molecule has 50 heavy (non-hydrogen) atoms. The van der Waals surface area contributed by atoms with E-state index < -0.39 is 23.0 Å². The van der Waals surface area contributed by atoms with Crippen molar-refractivity contribution in [1.82, 2.24) is 5.32 Å². The maximum Gasteiger partial charge on any atom is 0.341 e. The molecule has 3 N–H and O–H groups in total. The number of esters is 1. The van der Waals surface area contributed by atoms with Gasteiger partial charge in [-0.1, -0.05) is 69.3 Å². The molecule has 0 spiro atoms. The van der Waals surface area contributed by atoms with Crippen molar-refractivity contribution >= 4 is 63.6 Å². The van der Waals surface area contributed by atoms with Crippen molar-refractivity contribution in [1.29, 1.82) is 0 Å². The molecule has 2 atom stereocenters. The second-order valence-corrected chi connectivity index (χ2v) is 16.0. The van der Waals surface area contributed by atoms with Crippen molar-refractivity contribution in [2.24, 2.45) is 11.3 Å². The lowest BCUT2D eigenvalue weighted by Gasteiger charge is -2.33. The molecule has 5 rings (SSSR count). The first-order valence-corrected chi connectivity index (χ1v) is 18.3. The summed E-state index contributed by atoms with van der Waals surface area (Å²) in [6.45, 7) is 10.5. The van der Waals surface area contributed by atoms with Gasteiger partial charge in [-0.3, -0.25) is 14.4 Å². The fraction of sp³-hybridized carbons (Fsp3) is 0.300. The highest BCUT2D eigenvalue weighted by Crippen LogP contribution is 2.44. The number of anilines is 2. The minimum absolute atomic E-state index is 0.0906. The molecule has 0 radical (unpaired) electrons. The Hall–Kier alpha value is -4.67. The molecule has 0 saturated carbocycles. The van der Waals surface area contributed by atoms with Crippen LogP contribution < -0.4 is 16.0 Å². The molecule has 10 heteroatoms. The van der Waals surface area contributed by atoms with Crippen molar-refractivity contribution in [3.8, 4) is 0 Å². The van der Waals surface area contributed by atoms with Gasteiger partial charge in [0, 0.05) is 21.0 Å². The Morgan fingerprint density at radius 2 is 1.68 bits per heavy atom. The number of hydrogen-bond donors (Lipinski definition) is 3. The van der Waals surface area contributed by atoms with Gasteiger partial charge in [-0.2, -0.15) is 0 Å². The monoisotopic (exact) mass is 709 g/mol. The maximum atomic E-state index is 13.6. The zero-order chi connectivity index (χ0) is 36.0. The molecule has 1 aliphatic rings. The summed E-state index contributed by atoms with van der Waals surface area (Å²) in [5, 5.41) is 8.71. The topological polar surface area (TPSA) is 114 Å².